The van der Waals surface area contributed by atoms with Crippen LogP contribution in [0, 0.1) is 5.82 Å². The number of hydrogen-bond acceptors (Lipinski definition) is 4. The van der Waals surface area contributed by atoms with E-state index in [4.69, 9.17) is 16.3 Å². The zero-order valence-electron chi connectivity index (χ0n) is 13.0. The van der Waals surface area contributed by atoms with Gasteiger partial charge in [-0.1, -0.05) is 22.9 Å². The van der Waals surface area contributed by atoms with Crippen LogP contribution in [0.15, 0.2) is 42.5 Å². The van der Waals surface area contributed by atoms with Gasteiger partial charge in [0.1, 0.15) is 11.6 Å². The van der Waals surface area contributed by atoms with E-state index in [1.807, 2.05) is 0 Å². The highest BCUT2D eigenvalue weighted by molar-refractivity contribution is 7.22. The predicted octanol–water partition coefficient (Wildman–Crippen LogP) is 4.88. The van der Waals surface area contributed by atoms with Crippen molar-refractivity contribution >= 4 is 44.2 Å². The number of carbonyl (C=O) groups excluding carboxylic acids is 1. The van der Waals surface area contributed by atoms with E-state index < -0.39 is 5.60 Å². The summed E-state index contributed by atoms with van der Waals surface area (Å²) >= 11 is 7.04. The quantitative estimate of drug-likeness (QED) is 0.717. The molecule has 3 aromatic rings. The SMILES string of the molecule is CC(C)(Oc1ccc(Cl)cc1)C(=O)Nc1nc2ccc(F)cc2s1. The van der Waals surface area contributed by atoms with Crippen LogP contribution in [-0.4, -0.2) is 16.5 Å². The minimum atomic E-state index is -1.11. The maximum atomic E-state index is 13.2. The van der Waals surface area contributed by atoms with E-state index in [1.54, 1.807) is 44.2 Å². The van der Waals surface area contributed by atoms with Gasteiger partial charge in [0.05, 0.1) is 10.2 Å². The third-order valence-corrected chi connectivity index (χ3v) is 4.49. The fourth-order valence-electron chi connectivity index (χ4n) is 2.04. The molecule has 1 amide bonds. The van der Waals surface area contributed by atoms with Gasteiger partial charge in [0.25, 0.3) is 5.91 Å². The molecule has 7 heteroatoms. The molecule has 1 heterocycles. The van der Waals surface area contributed by atoms with Gasteiger partial charge in [-0.05, 0) is 56.3 Å². The summed E-state index contributed by atoms with van der Waals surface area (Å²) in [4.78, 5) is 16.8. The van der Waals surface area contributed by atoms with E-state index in [0.29, 0.717) is 26.1 Å². The molecule has 124 valence electrons. The summed E-state index contributed by atoms with van der Waals surface area (Å²) in [6.07, 6.45) is 0. The Morgan fingerprint density at radius 2 is 1.96 bits per heavy atom. The number of aromatic nitrogens is 1. The average molecular weight is 365 g/mol. The molecule has 1 N–H and O–H groups in total. The Morgan fingerprint density at radius 3 is 2.67 bits per heavy atom. The lowest BCUT2D eigenvalue weighted by Crippen LogP contribution is -2.42. The van der Waals surface area contributed by atoms with Gasteiger partial charge in [0.2, 0.25) is 0 Å². The molecule has 0 aliphatic rings. The summed E-state index contributed by atoms with van der Waals surface area (Å²) in [5, 5.41) is 3.70. The standard InChI is InChI=1S/C17H14ClFN2O2S/c1-17(2,23-12-6-3-10(18)4-7-12)15(22)21-16-20-13-8-5-11(19)9-14(13)24-16/h3-9H,1-2H3,(H,20,21,22). The Balaban J connectivity index is 1.75. The van der Waals surface area contributed by atoms with Crippen molar-refractivity contribution in [1.82, 2.24) is 4.98 Å². The van der Waals surface area contributed by atoms with Crippen LogP contribution in [0.3, 0.4) is 0 Å². The number of anilines is 1. The summed E-state index contributed by atoms with van der Waals surface area (Å²) in [6, 6.07) is 11.1. The molecule has 3 rings (SSSR count). The van der Waals surface area contributed by atoms with Gasteiger partial charge in [-0.2, -0.15) is 0 Å². The van der Waals surface area contributed by atoms with Crippen molar-refractivity contribution < 1.29 is 13.9 Å². The van der Waals surface area contributed by atoms with Gasteiger partial charge in [-0.15, -0.1) is 0 Å². The van der Waals surface area contributed by atoms with Crippen LogP contribution in [0.25, 0.3) is 10.2 Å². The monoisotopic (exact) mass is 364 g/mol. The number of carbonyl (C=O) groups is 1. The number of nitrogens with one attached hydrogen (secondary N) is 1. The van der Waals surface area contributed by atoms with Crippen LogP contribution in [-0.2, 0) is 4.79 Å². The van der Waals surface area contributed by atoms with Crippen LogP contribution >= 0.6 is 22.9 Å². The zero-order chi connectivity index (χ0) is 17.3. The number of fused-ring (bicyclic) bond motifs is 1. The first-order valence-electron chi connectivity index (χ1n) is 7.16. The molecule has 0 aliphatic carbocycles. The molecule has 0 bridgehead atoms. The van der Waals surface area contributed by atoms with Crippen molar-refractivity contribution in [3.63, 3.8) is 0 Å². The maximum Gasteiger partial charge on any atom is 0.269 e. The van der Waals surface area contributed by atoms with Crippen LogP contribution in [0.4, 0.5) is 9.52 Å². The van der Waals surface area contributed by atoms with Crippen molar-refractivity contribution in [2.45, 2.75) is 19.4 Å². The van der Waals surface area contributed by atoms with Crippen LogP contribution in [0.1, 0.15) is 13.8 Å². The molecule has 1 aromatic heterocycles. The van der Waals surface area contributed by atoms with Gasteiger partial charge in [-0.3, -0.25) is 10.1 Å². The van der Waals surface area contributed by atoms with Gasteiger partial charge in [-0.25, -0.2) is 9.37 Å². The van der Waals surface area contributed by atoms with Gasteiger partial charge in [0.15, 0.2) is 10.7 Å². The zero-order valence-corrected chi connectivity index (χ0v) is 14.5. The van der Waals surface area contributed by atoms with Gasteiger partial charge < -0.3 is 4.74 Å². The predicted molar refractivity (Wildman–Crippen MR) is 94.4 cm³/mol. The summed E-state index contributed by atoms with van der Waals surface area (Å²) in [7, 11) is 0. The molecule has 0 saturated carbocycles. The molecule has 0 spiro atoms. The Kier molecular flexibility index (Phi) is 4.43. The van der Waals surface area contributed by atoms with Crippen molar-refractivity contribution in [2.75, 3.05) is 5.32 Å². The summed E-state index contributed by atoms with van der Waals surface area (Å²) in [5.41, 5.74) is -0.482. The molecule has 0 radical (unpaired) electrons. The summed E-state index contributed by atoms with van der Waals surface area (Å²) in [6.45, 7) is 3.31. The van der Waals surface area contributed by atoms with Crippen LogP contribution < -0.4 is 10.1 Å². The third kappa shape index (κ3) is 3.66. The van der Waals surface area contributed by atoms with Crippen LogP contribution in [0.2, 0.25) is 5.02 Å². The molecular weight excluding hydrogens is 351 g/mol. The van der Waals surface area contributed by atoms with E-state index in [2.05, 4.69) is 10.3 Å². The molecular formula is C17H14ClFN2O2S. The van der Waals surface area contributed by atoms with Crippen LogP contribution in [0.5, 0.6) is 5.75 Å². The largest absolute Gasteiger partial charge is 0.478 e. The normalized spacial score (nSPS) is 11.5. The second-order valence-electron chi connectivity index (χ2n) is 5.65. The highest BCUT2D eigenvalue weighted by Gasteiger charge is 2.30. The highest BCUT2D eigenvalue weighted by Crippen LogP contribution is 2.28. The van der Waals surface area contributed by atoms with E-state index in [9.17, 15) is 9.18 Å². The lowest BCUT2D eigenvalue weighted by Gasteiger charge is -2.24. The maximum absolute atomic E-state index is 13.2. The lowest BCUT2D eigenvalue weighted by molar-refractivity contribution is -0.128. The number of benzene rings is 2. The van der Waals surface area contributed by atoms with Crippen molar-refractivity contribution in [2.24, 2.45) is 0 Å². The fraction of sp³-hybridized carbons (Fsp3) is 0.176. The first-order chi connectivity index (χ1) is 11.3. The lowest BCUT2D eigenvalue weighted by atomic mass is 10.1. The van der Waals surface area contributed by atoms with Gasteiger partial charge >= 0.3 is 0 Å². The number of halogens is 2. The van der Waals surface area contributed by atoms with E-state index in [-0.39, 0.29) is 11.7 Å². The molecule has 4 nitrogen and oxygen atoms in total. The number of thiazole rings is 1. The molecule has 24 heavy (non-hydrogen) atoms. The minimum Gasteiger partial charge on any atom is -0.478 e. The van der Waals surface area contributed by atoms with Crippen molar-refractivity contribution in [3.8, 4) is 5.75 Å². The molecule has 0 unspecified atom stereocenters. The van der Waals surface area contributed by atoms with Crippen molar-refractivity contribution in [1.29, 1.82) is 0 Å². The Labute approximate surface area is 147 Å². The summed E-state index contributed by atoms with van der Waals surface area (Å²) in [5.74, 6) is -0.154. The summed E-state index contributed by atoms with van der Waals surface area (Å²) < 4.78 is 19.6. The fourth-order valence-corrected chi connectivity index (χ4v) is 3.05. The van der Waals surface area contributed by atoms with E-state index >= 15 is 0 Å². The number of amides is 1. The topological polar surface area (TPSA) is 51.2 Å². The number of nitrogens with zero attached hydrogens (tertiary/aromatic N) is 1. The minimum absolute atomic E-state index is 0.338. The number of rotatable bonds is 4. The first kappa shape index (κ1) is 16.7. The van der Waals surface area contributed by atoms with Crippen molar-refractivity contribution in [3.05, 3.63) is 53.3 Å². The van der Waals surface area contributed by atoms with E-state index in [0.717, 1.165) is 0 Å². The molecule has 0 aliphatic heterocycles. The molecule has 0 atom stereocenters. The average Bonchev–Trinajstić information content (AvgIpc) is 2.90. The Morgan fingerprint density at radius 1 is 1.25 bits per heavy atom. The Hall–Kier alpha value is -2.18. The number of hydrogen-bond donors (Lipinski definition) is 1. The number of ether oxygens (including phenoxy) is 1. The Bertz CT molecular complexity index is 893. The first-order valence-corrected chi connectivity index (χ1v) is 8.35. The second kappa shape index (κ2) is 6.37. The van der Waals surface area contributed by atoms with Gasteiger partial charge in [0, 0.05) is 5.02 Å². The highest BCUT2D eigenvalue weighted by atomic mass is 35.5. The smallest absolute Gasteiger partial charge is 0.269 e. The third-order valence-electron chi connectivity index (χ3n) is 3.30. The van der Waals surface area contributed by atoms with E-state index in [1.165, 1.54) is 23.5 Å². The second-order valence-corrected chi connectivity index (χ2v) is 7.12. The molecule has 2 aromatic carbocycles. The molecule has 0 fully saturated rings. The molecule has 0 saturated heterocycles.